The summed E-state index contributed by atoms with van der Waals surface area (Å²) in [5.74, 6) is 0.672. The molecule has 1 rings (SSSR count). The molecule has 1 aliphatic carbocycles. The molecule has 0 spiro atoms. The van der Waals surface area contributed by atoms with E-state index in [0.29, 0.717) is 5.92 Å². The lowest BCUT2D eigenvalue weighted by Crippen LogP contribution is -2.46. The topological polar surface area (TPSA) is 32.3 Å². The summed E-state index contributed by atoms with van der Waals surface area (Å²) in [4.78, 5) is 0. The minimum absolute atomic E-state index is 0.558. The van der Waals surface area contributed by atoms with Crippen LogP contribution < -0.4 is 5.32 Å². The first-order valence-electron chi connectivity index (χ1n) is 4.07. The van der Waals surface area contributed by atoms with Crippen LogP contribution in [0, 0.1) is 5.92 Å². The van der Waals surface area contributed by atoms with Crippen molar-refractivity contribution in [3.05, 3.63) is 0 Å². The van der Waals surface area contributed by atoms with E-state index in [1.54, 1.807) is 0 Å². The van der Waals surface area contributed by atoms with Gasteiger partial charge in [0, 0.05) is 0 Å². The second-order valence-corrected chi connectivity index (χ2v) is 3.48. The van der Waals surface area contributed by atoms with E-state index in [0.717, 1.165) is 19.3 Å². The Hall–Kier alpha value is -0.0800. The third-order valence-corrected chi connectivity index (χ3v) is 2.44. The number of hydrogen-bond acceptors (Lipinski definition) is 2. The van der Waals surface area contributed by atoms with Crippen molar-refractivity contribution in [1.29, 1.82) is 0 Å². The lowest BCUT2D eigenvalue weighted by Gasteiger charge is -2.35. The van der Waals surface area contributed by atoms with Crippen LogP contribution in [-0.4, -0.2) is 17.9 Å². The molecule has 0 aliphatic heterocycles. The van der Waals surface area contributed by atoms with Crippen molar-refractivity contribution < 1.29 is 5.11 Å². The molecule has 60 valence electrons. The second-order valence-electron chi connectivity index (χ2n) is 3.48. The smallest absolute Gasteiger partial charge is 0.116 e. The molecule has 2 N–H and O–H groups in total. The standard InChI is InChI=1S/C8H17NO/c1-7-4-3-5-8(10,6-7)9-2/h7,9-10H,3-6H2,1-2H3. The summed E-state index contributed by atoms with van der Waals surface area (Å²) in [6.07, 6.45) is 4.24. The quantitative estimate of drug-likeness (QED) is 0.539. The number of nitrogens with one attached hydrogen (secondary N) is 1. The Labute approximate surface area is 62.6 Å². The van der Waals surface area contributed by atoms with Gasteiger partial charge >= 0.3 is 0 Å². The molecule has 2 atom stereocenters. The highest BCUT2D eigenvalue weighted by Gasteiger charge is 2.30. The monoisotopic (exact) mass is 143 g/mol. The number of hydrogen-bond donors (Lipinski definition) is 2. The Kier molecular flexibility index (Phi) is 2.32. The Bertz CT molecular complexity index is 116. The maximum absolute atomic E-state index is 9.74. The van der Waals surface area contributed by atoms with Crippen LogP contribution in [0.2, 0.25) is 0 Å². The first-order chi connectivity index (χ1) is 4.66. The van der Waals surface area contributed by atoms with E-state index in [4.69, 9.17) is 0 Å². The fourth-order valence-electron chi connectivity index (χ4n) is 1.75. The van der Waals surface area contributed by atoms with Crippen LogP contribution in [0.15, 0.2) is 0 Å². The molecule has 2 unspecified atom stereocenters. The maximum Gasteiger partial charge on any atom is 0.116 e. The largest absolute Gasteiger partial charge is 0.376 e. The van der Waals surface area contributed by atoms with Crippen molar-refractivity contribution in [2.75, 3.05) is 7.05 Å². The zero-order valence-corrected chi connectivity index (χ0v) is 6.85. The van der Waals surface area contributed by atoms with E-state index >= 15 is 0 Å². The molecule has 0 saturated heterocycles. The summed E-state index contributed by atoms with van der Waals surface area (Å²) in [6, 6.07) is 0. The number of rotatable bonds is 1. The van der Waals surface area contributed by atoms with Gasteiger partial charge in [-0.2, -0.15) is 0 Å². The van der Waals surface area contributed by atoms with Gasteiger partial charge in [0.2, 0.25) is 0 Å². The van der Waals surface area contributed by atoms with E-state index in [9.17, 15) is 5.11 Å². The van der Waals surface area contributed by atoms with Gasteiger partial charge in [0.25, 0.3) is 0 Å². The maximum atomic E-state index is 9.74. The number of aliphatic hydroxyl groups is 1. The van der Waals surface area contributed by atoms with Crippen molar-refractivity contribution in [2.45, 2.75) is 38.3 Å². The minimum atomic E-state index is -0.558. The van der Waals surface area contributed by atoms with Gasteiger partial charge in [0.05, 0.1) is 0 Å². The summed E-state index contributed by atoms with van der Waals surface area (Å²) in [5.41, 5.74) is -0.558. The van der Waals surface area contributed by atoms with Gasteiger partial charge < -0.3 is 5.11 Å². The molecule has 10 heavy (non-hydrogen) atoms. The van der Waals surface area contributed by atoms with Gasteiger partial charge in [-0.1, -0.05) is 13.3 Å². The normalized spacial score (nSPS) is 41.7. The lowest BCUT2D eigenvalue weighted by molar-refractivity contribution is -0.0365. The third kappa shape index (κ3) is 1.70. The predicted molar refractivity (Wildman–Crippen MR) is 41.6 cm³/mol. The lowest BCUT2D eigenvalue weighted by atomic mass is 9.84. The van der Waals surface area contributed by atoms with Crippen molar-refractivity contribution in [2.24, 2.45) is 5.92 Å². The van der Waals surface area contributed by atoms with E-state index in [1.807, 2.05) is 7.05 Å². The molecular formula is C8H17NO. The molecule has 0 aromatic carbocycles. The van der Waals surface area contributed by atoms with Gasteiger partial charge in [0.15, 0.2) is 0 Å². The fourth-order valence-corrected chi connectivity index (χ4v) is 1.75. The molecule has 0 aromatic rings. The van der Waals surface area contributed by atoms with E-state index in [1.165, 1.54) is 6.42 Å². The van der Waals surface area contributed by atoms with Crippen LogP contribution in [0.3, 0.4) is 0 Å². The van der Waals surface area contributed by atoms with Crippen LogP contribution in [0.1, 0.15) is 32.6 Å². The van der Waals surface area contributed by atoms with E-state index in [2.05, 4.69) is 12.2 Å². The molecule has 0 heterocycles. The van der Waals surface area contributed by atoms with Crippen molar-refractivity contribution >= 4 is 0 Å². The summed E-state index contributed by atoms with van der Waals surface area (Å²) in [5, 5.41) is 12.7. The molecule has 1 aliphatic rings. The van der Waals surface area contributed by atoms with Crippen LogP contribution in [0.4, 0.5) is 0 Å². The molecular weight excluding hydrogens is 126 g/mol. The molecule has 2 nitrogen and oxygen atoms in total. The van der Waals surface area contributed by atoms with Crippen LogP contribution >= 0.6 is 0 Å². The van der Waals surface area contributed by atoms with Crippen molar-refractivity contribution in [1.82, 2.24) is 5.32 Å². The molecule has 0 amide bonds. The highest BCUT2D eigenvalue weighted by Crippen LogP contribution is 2.29. The zero-order valence-electron chi connectivity index (χ0n) is 6.85. The Morgan fingerprint density at radius 1 is 1.60 bits per heavy atom. The average Bonchev–Trinajstić information content (AvgIpc) is 1.88. The van der Waals surface area contributed by atoms with E-state index < -0.39 is 5.72 Å². The Morgan fingerprint density at radius 3 is 2.70 bits per heavy atom. The highest BCUT2D eigenvalue weighted by molar-refractivity contribution is 4.81. The molecule has 0 bridgehead atoms. The van der Waals surface area contributed by atoms with Gasteiger partial charge in [-0.25, -0.2) is 0 Å². The van der Waals surface area contributed by atoms with Gasteiger partial charge in [-0.05, 0) is 32.2 Å². The molecule has 0 aromatic heterocycles. The summed E-state index contributed by atoms with van der Waals surface area (Å²) >= 11 is 0. The van der Waals surface area contributed by atoms with Crippen LogP contribution in [0.5, 0.6) is 0 Å². The first-order valence-corrected chi connectivity index (χ1v) is 4.07. The van der Waals surface area contributed by atoms with Crippen LogP contribution in [-0.2, 0) is 0 Å². The predicted octanol–water partition coefficient (Wildman–Crippen LogP) is 1.10. The summed E-state index contributed by atoms with van der Waals surface area (Å²) < 4.78 is 0. The van der Waals surface area contributed by atoms with Gasteiger partial charge in [-0.15, -0.1) is 0 Å². The van der Waals surface area contributed by atoms with E-state index in [-0.39, 0.29) is 0 Å². The molecule has 1 saturated carbocycles. The zero-order chi connectivity index (χ0) is 7.61. The fraction of sp³-hybridized carbons (Fsp3) is 1.00. The van der Waals surface area contributed by atoms with Gasteiger partial charge in [0.1, 0.15) is 5.72 Å². The van der Waals surface area contributed by atoms with Crippen LogP contribution in [0.25, 0.3) is 0 Å². The average molecular weight is 143 g/mol. The third-order valence-electron chi connectivity index (χ3n) is 2.44. The Balaban J connectivity index is 2.45. The SMILES string of the molecule is CNC1(O)CCCC(C)C1. The van der Waals surface area contributed by atoms with Crippen molar-refractivity contribution in [3.8, 4) is 0 Å². The van der Waals surface area contributed by atoms with Gasteiger partial charge in [-0.3, -0.25) is 5.32 Å². The summed E-state index contributed by atoms with van der Waals surface area (Å²) in [7, 11) is 1.83. The van der Waals surface area contributed by atoms with Crippen molar-refractivity contribution in [3.63, 3.8) is 0 Å². The first kappa shape index (κ1) is 8.02. The molecule has 2 heteroatoms. The minimum Gasteiger partial charge on any atom is -0.376 e. The Morgan fingerprint density at radius 2 is 2.30 bits per heavy atom. The molecule has 0 radical (unpaired) electrons. The molecule has 1 fully saturated rings. The summed E-state index contributed by atoms with van der Waals surface area (Å²) in [6.45, 7) is 2.20. The second kappa shape index (κ2) is 2.89. The highest BCUT2D eigenvalue weighted by atomic mass is 16.3.